The monoisotopic (exact) mass is 438 g/mol. The molecule has 0 aliphatic rings. The molecule has 8 heteroatoms. The van der Waals surface area contributed by atoms with Crippen molar-refractivity contribution in [3.63, 3.8) is 0 Å². The molecule has 0 saturated carbocycles. The minimum Gasteiger partial charge on any atom is -0.370 e. The predicted molar refractivity (Wildman–Crippen MR) is 96.7 cm³/mol. The Balaban J connectivity index is 0. The lowest BCUT2D eigenvalue weighted by Gasteiger charge is -2.18. The number of halogens is 4. The molecule has 0 aromatic carbocycles. The van der Waals surface area contributed by atoms with E-state index in [2.05, 4.69) is 24.2 Å². The van der Waals surface area contributed by atoms with E-state index in [4.69, 9.17) is 5.73 Å². The molecule has 0 rings (SSSR count). The number of aliphatic imine (C=N–C) groups is 1. The molecule has 0 aromatic heterocycles. The molecular formula is C14H30F3IN4. The van der Waals surface area contributed by atoms with Crippen LogP contribution in [-0.4, -0.2) is 49.8 Å². The number of guanidine groups is 1. The highest BCUT2D eigenvalue weighted by Gasteiger charge is 2.28. The van der Waals surface area contributed by atoms with E-state index in [9.17, 15) is 13.2 Å². The summed E-state index contributed by atoms with van der Waals surface area (Å²) >= 11 is 0. The van der Waals surface area contributed by atoms with Crippen LogP contribution in [-0.2, 0) is 0 Å². The van der Waals surface area contributed by atoms with Crippen molar-refractivity contribution in [2.24, 2.45) is 16.6 Å². The van der Waals surface area contributed by atoms with Crippen LogP contribution in [0.25, 0.3) is 0 Å². The quantitative estimate of drug-likeness (QED) is 0.330. The first-order valence-electron chi connectivity index (χ1n) is 7.42. The van der Waals surface area contributed by atoms with Gasteiger partial charge in [0, 0.05) is 12.6 Å². The lowest BCUT2D eigenvalue weighted by molar-refractivity contribution is -0.142. The summed E-state index contributed by atoms with van der Waals surface area (Å²) in [6, 6.07) is 0.223. The Morgan fingerprint density at radius 2 is 1.82 bits per heavy atom. The molecule has 1 atom stereocenters. The molecular weight excluding hydrogens is 408 g/mol. The summed E-state index contributed by atoms with van der Waals surface area (Å²) in [5.74, 6) is 0.986. The van der Waals surface area contributed by atoms with E-state index >= 15 is 0 Å². The molecule has 3 N–H and O–H groups in total. The second kappa shape index (κ2) is 12.2. The first-order chi connectivity index (χ1) is 9.60. The van der Waals surface area contributed by atoms with Crippen molar-refractivity contribution in [1.29, 1.82) is 0 Å². The maximum absolute atomic E-state index is 12.1. The Labute approximate surface area is 149 Å². The molecule has 0 amide bonds. The summed E-state index contributed by atoms with van der Waals surface area (Å²) in [5, 5.41) is 3.06. The van der Waals surface area contributed by atoms with Gasteiger partial charge in [0.1, 0.15) is 0 Å². The van der Waals surface area contributed by atoms with Crippen LogP contribution in [0.3, 0.4) is 0 Å². The van der Waals surface area contributed by atoms with Gasteiger partial charge in [0.15, 0.2) is 5.96 Å². The molecule has 0 spiro atoms. The van der Waals surface area contributed by atoms with E-state index < -0.39 is 12.7 Å². The van der Waals surface area contributed by atoms with Gasteiger partial charge in [-0.25, -0.2) is 0 Å². The molecule has 0 fully saturated rings. The number of nitrogens with two attached hydrogens (primary N) is 1. The highest BCUT2D eigenvalue weighted by atomic mass is 127. The first kappa shape index (κ1) is 24.0. The molecule has 0 aliphatic heterocycles. The van der Waals surface area contributed by atoms with E-state index in [-0.39, 0.29) is 43.1 Å². The fourth-order valence-corrected chi connectivity index (χ4v) is 1.93. The van der Waals surface area contributed by atoms with Crippen LogP contribution in [0.15, 0.2) is 4.99 Å². The number of alkyl halides is 3. The van der Waals surface area contributed by atoms with Gasteiger partial charge in [-0.2, -0.15) is 13.2 Å². The molecule has 0 aromatic rings. The smallest absolute Gasteiger partial charge is 0.370 e. The average molecular weight is 438 g/mol. The van der Waals surface area contributed by atoms with Crippen molar-refractivity contribution in [2.45, 2.75) is 52.3 Å². The molecule has 22 heavy (non-hydrogen) atoms. The lowest BCUT2D eigenvalue weighted by atomic mass is 10.0. The van der Waals surface area contributed by atoms with Crippen LogP contribution in [0, 0.1) is 5.92 Å². The summed E-state index contributed by atoms with van der Waals surface area (Å²) in [7, 11) is 1.42. The molecule has 0 radical (unpaired) electrons. The van der Waals surface area contributed by atoms with Crippen LogP contribution >= 0.6 is 24.0 Å². The van der Waals surface area contributed by atoms with Gasteiger partial charge in [-0.15, -0.1) is 24.0 Å². The third-order valence-electron chi connectivity index (χ3n) is 3.03. The number of hydrogen-bond acceptors (Lipinski definition) is 2. The number of hydrogen-bond donors (Lipinski definition) is 2. The highest BCUT2D eigenvalue weighted by Crippen LogP contribution is 2.15. The average Bonchev–Trinajstić information content (AvgIpc) is 2.25. The molecule has 0 saturated heterocycles. The van der Waals surface area contributed by atoms with Gasteiger partial charge in [-0.1, -0.05) is 26.7 Å². The summed E-state index contributed by atoms with van der Waals surface area (Å²) in [5.41, 5.74) is 5.72. The Bertz CT molecular complexity index is 309. The molecule has 1 unspecified atom stereocenters. The number of nitrogens with one attached hydrogen (secondary N) is 1. The largest absolute Gasteiger partial charge is 0.401 e. The maximum Gasteiger partial charge on any atom is 0.401 e. The molecule has 134 valence electrons. The highest BCUT2D eigenvalue weighted by molar-refractivity contribution is 14.0. The summed E-state index contributed by atoms with van der Waals surface area (Å²) in [6.07, 6.45) is -0.881. The van der Waals surface area contributed by atoms with Crippen LogP contribution < -0.4 is 11.1 Å². The lowest BCUT2D eigenvalue weighted by Crippen LogP contribution is -2.39. The third-order valence-corrected chi connectivity index (χ3v) is 3.03. The molecule has 0 aliphatic carbocycles. The van der Waals surface area contributed by atoms with Crippen LogP contribution in [0.2, 0.25) is 0 Å². The van der Waals surface area contributed by atoms with E-state index in [0.717, 1.165) is 12.8 Å². The van der Waals surface area contributed by atoms with Gasteiger partial charge in [0.25, 0.3) is 0 Å². The second-order valence-electron chi connectivity index (χ2n) is 5.99. The number of likely N-dealkylation sites (N-methyl/N-ethyl adjacent to an activating group) is 1. The van der Waals surface area contributed by atoms with Gasteiger partial charge < -0.3 is 11.1 Å². The summed E-state index contributed by atoms with van der Waals surface area (Å²) < 4.78 is 36.4. The zero-order valence-electron chi connectivity index (χ0n) is 13.9. The predicted octanol–water partition coefficient (Wildman–Crippen LogP) is 3.22. The van der Waals surface area contributed by atoms with Gasteiger partial charge in [0.05, 0.1) is 13.1 Å². The van der Waals surface area contributed by atoms with E-state index in [1.807, 2.05) is 6.92 Å². The Morgan fingerprint density at radius 3 is 2.32 bits per heavy atom. The zero-order valence-corrected chi connectivity index (χ0v) is 16.2. The van der Waals surface area contributed by atoms with Crippen molar-refractivity contribution >= 4 is 29.9 Å². The SMILES string of the molecule is CC(C)CCCC(C)NC(N)=NCCN(C)CC(F)(F)F.I. The second-order valence-corrected chi connectivity index (χ2v) is 5.99. The molecule has 0 heterocycles. The third kappa shape index (κ3) is 16.1. The fourth-order valence-electron chi connectivity index (χ4n) is 1.93. The van der Waals surface area contributed by atoms with Gasteiger partial charge >= 0.3 is 6.18 Å². The van der Waals surface area contributed by atoms with Gasteiger partial charge in [-0.3, -0.25) is 9.89 Å². The number of nitrogens with zero attached hydrogens (tertiary/aromatic N) is 2. The van der Waals surface area contributed by atoms with E-state index in [1.165, 1.54) is 18.4 Å². The normalized spacial score (nSPS) is 14.1. The van der Waals surface area contributed by atoms with Crippen molar-refractivity contribution < 1.29 is 13.2 Å². The van der Waals surface area contributed by atoms with Gasteiger partial charge in [0.2, 0.25) is 0 Å². The van der Waals surface area contributed by atoms with Crippen molar-refractivity contribution in [3.05, 3.63) is 0 Å². The Morgan fingerprint density at radius 1 is 1.23 bits per heavy atom. The van der Waals surface area contributed by atoms with Gasteiger partial charge in [-0.05, 0) is 26.3 Å². The van der Waals surface area contributed by atoms with Crippen molar-refractivity contribution in [1.82, 2.24) is 10.2 Å². The van der Waals surface area contributed by atoms with Crippen molar-refractivity contribution in [3.8, 4) is 0 Å². The van der Waals surface area contributed by atoms with Crippen LogP contribution in [0.1, 0.15) is 40.0 Å². The standard InChI is InChI=1S/C14H29F3N4.HI/c1-11(2)6-5-7-12(3)20-13(18)19-8-9-21(4)10-14(15,16)17;/h11-12H,5-10H2,1-4H3,(H3,18,19,20);1H. The Kier molecular flexibility index (Phi) is 13.3. The van der Waals surface area contributed by atoms with Crippen LogP contribution in [0.5, 0.6) is 0 Å². The summed E-state index contributed by atoms with van der Waals surface area (Å²) in [4.78, 5) is 5.23. The minimum absolute atomic E-state index is 0. The molecule has 0 bridgehead atoms. The van der Waals surface area contributed by atoms with E-state index in [0.29, 0.717) is 11.9 Å². The Hall–Kier alpha value is -0.250. The summed E-state index contributed by atoms with van der Waals surface area (Å²) in [6.45, 7) is 5.95. The van der Waals surface area contributed by atoms with E-state index in [1.54, 1.807) is 0 Å². The topological polar surface area (TPSA) is 53.6 Å². The minimum atomic E-state index is -4.17. The molecule has 4 nitrogen and oxygen atoms in total. The zero-order chi connectivity index (χ0) is 16.5. The van der Waals surface area contributed by atoms with Crippen molar-refractivity contribution in [2.75, 3.05) is 26.7 Å². The maximum atomic E-state index is 12.1. The van der Waals surface area contributed by atoms with Crippen LogP contribution in [0.4, 0.5) is 13.2 Å². The first-order valence-corrected chi connectivity index (χ1v) is 7.42. The number of rotatable bonds is 9. The fraction of sp³-hybridized carbons (Fsp3) is 0.929.